The molecule has 2 aromatic rings. The number of imidazole rings is 1. The van der Waals surface area contributed by atoms with Crippen molar-refractivity contribution in [1.82, 2.24) is 9.55 Å². The molecule has 2 heterocycles. The number of para-hydroxylation sites is 2. The quantitative estimate of drug-likeness (QED) is 0.746. The van der Waals surface area contributed by atoms with Crippen LogP contribution in [0.3, 0.4) is 0 Å². The molecule has 6 heteroatoms. The lowest BCUT2D eigenvalue weighted by Crippen LogP contribution is -2.26. The highest BCUT2D eigenvalue weighted by Gasteiger charge is 2.43. The Bertz CT molecular complexity index is 564. The minimum absolute atomic E-state index is 0.167. The van der Waals surface area contributed by atoms with E-state index in [-0.39, 0.29) is 12.1 Å². The van der Waals surface area contributed by atoms with Crippen molar-refractivity contribution in [2.24, 2.45) is 5.92 Å². The van der Waals surface area contributed by atoms with E-state index in [4.69, 9.17) is 39.5 Å². The third kappa shape index (κ3) is 2.10. The van der Waals surface area contributed by atoms with Crippen LogP contribution in [0.2, 0.25) is 0 Å². The topological polar surface area (TPSA) is 27.1 Å². The van der Waals surface area contributed by atoms with E-state index in [0.29, 0.717) is 6.61 Å². The Hall–Kier alpha value is -0.480. The lowest BCUT2D eigenvalue weighted by Gasteiger charge is -2.26. The number of hydrogen-bond donors (Lipinski definition) is 0. The standard InChI is InChI=1S/C12H11Cl3N2O/c13-12(14,15)8-5-6-18-11(8)17-7-16-9-3-1-2-4-10(9)17/h1-4,7-8,11H,5-6H2. The number of rotatable bonds is 1. The summed E-state index contributed by atoms with van der Waals surface area (Å²) in [4.78, 5) is 4.33. The van der Waals surface area contributed by atoms with Gasteiger partial charge in [-0.15, -0.1) is 0 Å². The second-order valence-electron chi connectivity index (χ2n) is 4.34. The van der Waals surface area contributed by atoms with Crippen molar-refractivity contribution in [2.45, 2.75) is 16.4 Å². The Morgan fingerprint density at radius 1 is 1.28 bits per heavy atom. The van der Waals surface area contributed by atoms with Crippen LogP contribution in [-0.2, 0) is 4.74 Å². The molecule has 0 radical (unpaired) electrons. The zero-order valence-corrected chi connectivity index (χ0v) is 11.7. The maximum atomic E-state index is 6.02. The second kappa shape index (κ2) is 4.57. The van der Waals surface area contributed by atoms with Crippen LogP contribution in [0.1, 0.15) is 12.6 Å². The summed E-state index contributed by atoms with van der Waals surface area (Å²) in [6.45, 7) is 0.593. The molecule has 1 aliphatic rings. The van der Waals surface area contributed by atoms with Gasteiger partial charge in [0.15, 0.2) is 3.79 Å². The van der Waals surface area contributed by atoms with Crippen molar-refractivity contribution < 1.29 is 4.74 Å². The van der Waals surface area contributed by atoms with Gasteiger partial charge in [0.1, 0.15) is 6.23 Å². The summed E-state index contributed by atoms with van der Waals surface area (Å²) in [7, 11) is 0. The van der Waals surface area contributed by atoms with Crippen LogP contribution in [0.4, 0.5) is 0 Å². The molecule has 2 atom stereocenters. The summed E-state index contributed by atoms with van der Waals surface area (Å²) in [5.74, 6) is -0.167. The molecule has 3 nitrogen and oxygen atoms in total. The minimum Gasteiger partial charge on any atom is -0.358 e. The van der Waals surface area contributed by atoms with Gasteiger partial charge in [-0.3, -0.25) is 0 Å². The van der Waals surface area contributed by atoms with Gasteiger partial charge in [-0.2, -0.15) is 0 Å². The van der Waals surface area contributed by atoms with Crippen molar-refractivity contribution >= 4 is 45.8 Å². The van der Waals surface area contributed by atoms with Gasteiger partial charge >= 0.3 is 0 Å². The first-order chi connectivity index (χ1) is 8.57. The first kappa shape index (κ1) is 12.5. The summed E-state index contributed by atoms with van der Waals surface area (Å²) < 4.78 is 6.33. The van der Waals surface area contributed by atoms with Crippen LogP contribution < -0.4 is 0 Å². The SMILES string of the molecule is ClC(Cl)(Cl)C1CCOC1n1cnc2ccccc21. The van der Waals surface area contributed by atoms with Crippen molar-refractivity contribution in [3.63, 3.8) is 0 Å². The van der Waals surface area contributed by atoms with Crippen molar-refractivity contribution in [3.8, 4) is 0 Å². The summed E-state index contributed by atoms with van der Waals surface area (Å²) >= 11 is 18.1. The highest BCUT2D eigenvalue weighted by Crippen LogP contribution is 2.47. The maximum Gasteiger partial charge on any atom is 0.197 e. The number of ether oxygens (including phenoxy) is 1. The van der Waals surface area contributed by atoms with E-state index in [1.807, 2.05) is 28.8 Å². The first-order valence-electron chi connectivity index (χ1n) is 5.67. The van der Waals surface area contributed by atoms with Gasteiger partial charge in [-0.1, -0.05) is 46.9 Å². The normalized spacial score (nSPS) is 24.8. The highest BCUT2D eigenvalue weighted by atomic mass is 35.6. The van der Waals surface area contributed by atoms with Crippen LogP contribution in [0.25, 0.3) is 11.0 Å². The van der Waals surface area contributed by atoms with E-state index in [2.05, 4.69) is 4.98 Å². The third-order valence-corrected chi connectivity index (χ3v) is 4.08. The minimum atomic E-state index is -1.33. The molecule has 1 aromatic carbocycles. The number of aromatic nitrogens is 2. The average Bonchev–Trinajstić information content (AvgIpc) is 2.93. The van der Waals surface area contributed by atoms with Crippen molar-refractivity contribution in [3.05, 3.63) is 30.6 Å². The van der Waals surface area contributed by atoms with Gasteiger partial charge in [0.25, 0.3) is 0 Å². The monoisotopic (exact) mass is 304 g/mol. The van der Waals surface area contributed by atoms with Gasteiger partial charge in [0.05, 0.1) is 23.3 Å². The number of alkyl halides is 3. The molecule has 18 heavy (non-hydrogen) atoms. The molecular weight excluding hydrogens is 295 g/mol. The molecule has 96 valence electrons. The van der Waals surface area contributed by atoms with Crippen LogP contribution in [-0.4, -0.2) is 20.0 Å². The summed E-state index contributed by atoms with van der Waals surface area (Å²) in [5.41, 5.74) is 1.90. The zero-order chi connectivity index (χ0) is 12.8. The molecule has 1 saturated heterocycles. The number of nitrogens with zero attached hydrogens (tertiary/aromatic N) is 2. The molecule has 0 amide bonds. The van der Waals surface area contributed by atoms with Crippen LogP contribution in [0.15, 0.2) is 30.6 Å². The Kier molecular flexibility index (Phi) is 3.18. The van der Waals surface area contributed by atoms with E-state index >= 15 is 0 Å². The van der Waals surface area contributed by atoms with Crippen LogP contribution in [0, 0.1) is 5.92 Å². The smallest absolute Gasteiger partial charge is 0.197 e. The Balaban J connectivity index is 2.04. The third-order valence-electron chi connectivity index (χ3n) is 3.24. The van der Waals surface area contributed by atoms with E-state index in [1.54, 1.807) is 6.33 Å². The number of fused-ring (bicyclic) bond motifs is 1. The molecule has 1 fully saturated rings. The van der Waals surface area contributed by atoms with Gasteiger partial charge < -0.3 is 9.30 Å². The van der Waals surface area contributed by atoms with Gasteiger partial charge in [0, 0.05) is 6.61 Å². The molecule has 1 aromatic heterocycles. The Morgan fingerprint density at radius 3 is 2.83 bits per heavy atom. The van der Waals surface area contributed by atoms with E-state index in [1.165, 1.54) is 0 Å². The fraction of sp³-hybridized carbons (Fsp3) is 0.417. The van der Waals surface area contributed by atoms with Crippen molar-refractivity contribution in [1.29, 1.82) is 0 Å². The largest absolute Gasteiger partial charge is 0.358 e. The fourth-order valence-electron chi connectivity index (χ4n) is 2.36. The molecule has 0 spiro atoms. The molecule has 0 bridgehead atoms. The number of hydrogen-bond acceptors (Lipinski definition) is 2. The molecule has 2 unspecified atom stereocenters. The maximum absolute atomic E-state index is 6.02. The lowest BCUT2D eigenvalue weighted by atomic mass is 10.1. The predicted molar refractivity (Wildman–Crippen MR) is 73.1 cm³/mol. The molecule has 0 aliphatic carbocycles. The average molecular weight is 306 g/mol. The van der Waals surface area contributed by atoms with Crippen LogP contribution >= 0.6 is 34.8 Å². The fourth-order valence-corrected chi connectivity index (χ4v) is 3.01. The lowest BCUT2D eigenvalue weighted by molar-refractivity contribution is 0.0367. The summed E-state index contributed by atoms with van der Waals surface area (Å²) in [5, 5.41) is 0. The molecule has 3 rings (SSSR count). The molecule has 1 aliphatic heterocycles. The molecule has 0 N–H and O–H groups in total. The molecule has 0 saturated carbocycles. The number of benzene rings is 1. The van der Waals surface area contributed by atoms with Crippen molar-refractivity contribution in [2.75, 3.05) is 6.61 Å². The van der Waals surface area contributed by atoms with E-state index < -0.39 is 3.79 Å². The first-order valence-corrected chi connectivity index (χ1v) is 6.80. The van der Waals surface area contributed by atoms with Crippen LogP contribution in [0.5, 0.6) is 0 Å². The van der Waals surface area contributed by atoms with E-state index in [0.717, 1.165) is 17.5 Å². The Labute approximate surface area is 120 Å². The summed E-state index contributed by atoms with van der Waals surface area (Å²) in [6, 6.07) is 7.84. The summed E-state index contributed by atoms with van der Waals surface area (Å²) in [6.07, 6.45) is 2.20. The second-order valence-corrected chi connectivity index (χ2v) is 6.71. The number of halogens is 3. The zero-order valence-electron chi connectivity index (χ0n) is 9.39. The van der Waals surface area contributed by atoms with Gasteiger partial charge in [0.2, 0.25) is 0 Å². The predicted octanol–water partition coefficient (Wildman–Crippen LogP) is 3.94. The van der Waals surface area contributed by atoms with E-state index in [9.17, 15) is 0 Å². The molecular formula is C12H11Cl3N2O. The Morgan fingerprint density at radius 2 is 2.06 bits per heavy atom. The van der Waals surface area contributed by atoms with Gasteiger partial charge in [-0.25, -0.2) is 4.98 Å². The van der Waals surface area contributed by atoms with Gasteiger partial charge in [-0.05, 0) is 18.6 Å². The highest BCUT2D eigenvalue weighted by molar-refractivity contribution is 6.67.